The quantitative estimate of drug-likeness (QED) is 0.780. The highest BCUT2D eigenvalue weighted by atomic mass is 16.6. The fourth-order valence-electron chi connectivity index (χ4n) is 2.47. The summed E-state index contributed by atoms with van der Waals surface area (Å²) in [4.78, 5) is 14.2. The Hall–Kier alpha value is -1.71. The molecule has 1 aromatic rings. The molecule has 0 spiro atoms. The molecule has 20 heavy (non-hydrogen) atoms. The van der Waals surface area contributed by atoms with Crippen LogP contribution in [0.2, 0.25) is 0 Å². The first-order chi connectivity index (χ1) is 9.09. The third-order valence-corrected chi connectivity index (χ3v) is 3.15. The first kappa shape index (κ1) is 14.7. The first-order valence-electron chi connectivity index (χ1n) is 6.97. The summed E-state index contributed by atoms with van der Waals surface area (Å²) in [6.07, 6.45) is -0.289. The second-order valence-corrected chi connectivity index (χ2v) is 7.05. The van der Waals surface area contributed by atoms with Gasteiger partial charge in [0.1, 0.15) is 5.60 Å². The van der Waals surface area contributed by atoms with Crippen molar-refractivity contribution < 1.29 is 9.53 Å². The van der Waals surface area contributed by atoms with Crippen molar-refractivity contribution in [1.82, 2.24) is 0 Å². The van der Waals surface area contributed by atoms with Gasteiger partial charge in [0.15, 0.2) is 0 Å². The van der Waals surface area contributed by atoms with E-state index in [2.05, 4.69) is 19.2 Å². The number of anilines is 2. The third kappa shape index (κ3) is 3.06. The number of amides is 1. The van der Waals surface area contributed by atoms with Crippen molar-refractivity contribution in [3.63, 3.8) is 0 Å². The lowest BCUT2D eigenvalue weighted by atomic mass is 9.98. The monoisotopic (exact) mass is 276 g/mol. The highest BCUT2D eigenvalue weighted by Gasteiger charge is 2.35. The SMILES string of the molecule is Cc1cccc2c1N(C(=O)OC(C)(C)C)CC(C)(C)N2. The maximum atomic E-state index is 12.5. The van der Waals surface area contributed by atoms with Crippen LogP contribution < -0.4 is 10.2 Å². The number of aryl methyl sites for hydroxylation is 1. The number of para-hydroxylation sites is 1. The summed E-state index contributed by atoms with van der Waals surface area (Å²) in [7, 11) is 0. The Kier molecular flexibility index (Phi) is 3.44. The van der Waals surface area contributed by atoms with E-state index in [-0.39, 0.29) is 11.6 Å². The van der Waals surface area contributed by atoms with Gasteiger partial charge in [0.05, 0.1) is 17.9 Å². The molecular weight excluding hydrogens is 252 g/mol. The van der Waals surface area contributed by atoms with Gasteiger partial charge in [0.2, 0.25) is 0 Å². The number of ether oxygens (including phenoxy) is 1. The second kappa shape index (κ2) is 4.69. The molecule has 4 nitrogen and oxygen atoms in total. The lowest BCUT2D eigenvalue weighted by Crippen LogP contribution is -2.52. The molecule has 1 amide bonds. The molecular formula is C16H24N2O2. The Labute approximate surface area is 121 Å². The maximum absolute atomic E-state index is 12.5. The second-order valence-electron chi connectivity index (χ2n) is 7.05. The van der Waals surface area contributed by atoms with Gasteiger partial charge in [0, 0.05) is 5.54 Å². The molecule has 0 atom stereocenters. The molecule has 110 valence electrons. The van der Waals surface area contributed by atoms with Gasteiger partial charge in [-0.3, -0.25) is 4.90 Å². The summed E-state index contributed by atoms with van der Waals surface area (Å²) in [5.74, 6) is 0. The molecule has 1 heterocycles. The van der Waals surface area contributed by atoms with E-state index in [9.17, 15) is 4.79 Å². The maximum Gasteiger partial charge on any atom is 0.414 e. The van der Waals surface area contributed by atoms with E-state index >= 15 is 0 Å². The normalized spacial score (nSPS) is 17.2. The van der Waals surface area contributed by atoms with Gasteiger partial charge in [-0.15, -0.1) is 0 Å². The van der Waals surface area contributed by atoms with Crippen molar-refractivity contribution >= 4 is 17.5 Å². The van der Waals surface area contributed by atoms with Crippen LogP contribution in [0.15, 0.2) is 18.2 Å². The number of hydrogen-bond acceptors (Lipinski definition) is 3. The van der Waals surface area contributed by atoms with E-state index in [0.717, 1.165) is 16.9 Å². The van der Waals surface area contributed by atoms with E-state index in [4.69, 9.17) is 4.74 Å². The smallest absolute Gasteiger partial charge is 0.414 e. The van der Waals surface area contributed by atoms with Crippen molar-refractivity contribution in [2.24, 2.45) is 0 Å². The van der Waals surface area contributed by atoms with E-state index in [0.29, 0.717) is 6.54 Å². The van der Waals surface area contributed by atoms with Gasteiger partial charge in [-0.1, -0.05) is 12.1 Å². The molecule has 0 aliphatic carbocycles. The number of carbonyl (C=O) groups is 1. The van der Waals surface area contributed by atoms with E-state index in [1.54, 1.807) is 4.90 Å². The third-order valence-electron chi connectivity index (χ3n) is 3.15. The average molecular weight is 276 g/mol. The number of fused-ring (bicyclic) bond motifs is 1. The van der Waals surface area contributed by atoms with Crippen molar-refractivity contribution in [3.8, 4) is 0 Å². The van der Waals surface area contributed by atoms with Gasteiger partial charge in [-0.05, 0) is 53.2 Å². The van der Waals surface area contributed by atoms with Crippen LogP contribution in [0.1, 0.15) is 40.2 Å². The molecule has 0 bridgehead atoms. The molecule has 4 heteroatoms. The van der Waals surface area contributed by atoms with Crippen molar-refractivity contribution in [2.45, 2.75) is 52.7 Å². The summed E-state index contributed by atoms with van der Waals surface area (Å²) in [6, 6.07) is 6.01. The van der Waals surface area contributed by atoms with E-state index in [1.807, 2.05) is 45.9 Å². The minimum absolute atomic E-state index is 0.183. The van der Waals surface area contributed by atoms with Crippen LogP contribution in [-0.4, -0.2) is 23.8 Å². The van der Waals surface area contributed by atoms with Crippen LogP contribution in [0.3, 0.4) is 0 Å². The van der Waals surface area contributed by atoms with Gasteiger partial charge in [0.25, 0.3) is 0 Å². The predicted molar refractivity (Wildman–Crippen MR) is 82.5 cm³/mol. The Morgan fingerprint density at radius 1 is 1.35 bits per heavy atom. The standard InChI is InChI=1S/C16H24N2O2/c1-11-8-7-9-12-13(11)18(10-16(5,6)17-12)14(19)20-15(2,3)4/h7-9,17H,10H2,1-6H3. The zero-order valence-corrected chi connectivity index (χ0v) is 13.2. The van der Waals surface area contributed by atoms with Crippen molar-refractivity contribution in [1.29, 1.82) is 0 Å². The van der Waals surface area contributed by atoms with Gasteiger partial charge in [-0.25, -0.2) is 4.79 Å². The van der Waals surface area contributed by atoms with Gasteiger partial charge >= 0.3 is 6.09 Å². The molecule has 1 aliphatic rings. The van der Waals surface area contributed by atoms with E-state index in [1.165, 1.54) is 0 Å². The Morgan fingerprint density at radius 2 is 2.00 bits per heavy atom. The van der Waals surface area contributed by atoms with Crippen LogP contribution in [0.5, 0.6) is 0 Å². The van der Waals surface area contributed by atoms with Crippen molar-refractivity contribution in [3.05, 3.63) is 23.8 Å². The van der Waals surface area contributed by atoms with Crippen LogP contribution in [-0.2, 0) is 4.74 Å². The molecule has 1 aliphatic heterocycles. The topological polar surface area (TPSA) is 41.6 Å². The average Bonchev–Trinajstić information content (AvgIpc) is 2.24. The molecule has 2 rings (SSSR count). The molecule has 0 fully saturated rings. The lowest BCUT2D eigenvalue weighted by Gasteiger charge is -2.41. The largest absolute Gasteiger partial charge is 0.443 e. The Bertz CT molecular complexity index is 530. The number of carbonyl (C=O) groups excluding carboxylic acids is 1. The zero-order valence-electron chi connectivity index (χ0n) is 13.2. The molecule has 1 N–H and O–H groups in total. The summed E-state index contributed by atoms with van der Waals surface area (Å²) < 4.78 is 5.54. The number of rotatable bonds is 0. The Balaban J connectivity index is 2.41. The summed E-state index contributed by atoms with van der Waals surface area (Å²) in [6.45, 7) is 12.4. The molecule has 0 saturated heterocycles. The summed E-state index contributed by atoms with van der Waals surface area (Å²) >= 11 is 0. The molecule has 0 aromatic heterocycles. The lowest BCUT2D eigenvalue weighted by molar-refractivity contribution is 0.0573. The fraction of sp³-hybridized carbons (Fsp3) is 0.562. The zero-order chi connectivity index (χ0) is 15.1. The Morgan fingerprint density at radius 3 is 2.60 bits per heavy atom. The molecule has 0 radical (unpaired) electrons. The van der Waals surface area contributed by atoms with Crippen LogP contribution in [0.4, 0.5) is 16.2 Å². The van der Waals surface area contributed by atoms with E-state index < -0.39 is 5.60 Å². The predicted octanol–water partition coefficient (Wildman–Crippen LogP) is 3.94. The van der Waals surface area contributed by atoms with Gasteiger partial charge < -0.3 is 10.1 Å². The highest BCUT2D eigenvalue weighted by Crippen LogP contribution is 2.37. The van der Waals surface area contributed by atoms with Crippen LogP contribution in [0, 0.1) is 6.92 Å². The minimum Gasteiger partial charge on any atom is -0.443 e. The van der Waals surface area contributed by atoms with Gasteiger partial charge in [-0.2, -0.15) is 0 Å². The fourth-order valence-corrected chi connectivity index (χ4v) is 2.47. The summed E-state index contributed by atoms with van der Waals surface area (Å²) in [5.41, 5.74) is 2.29. The van der Waals surface area contributed by atoms with Crippen molar-refractivity contribution in [2.75, 3.05) is 16.8 Å². The number of nitrogens with zero attached hydrogens (tertiary/aromatic N) is 1. The molecule has 0 saturated carbocycles. The highest BCUT2D eigenvalue weighted by molar-refractivity contribution is 5.95. The number of benzene rings is 1. The minimum atomic E-state index is -0.491. The first-order valence-corrected chi connectivity index (χ1v) is 6.97. The number of nitrogens with one attached hydrogen (secondary N) is 1. The summed E-state index contributed by atoms with van der Waals surface area (Å²) in [5, 5.41) is 3.48. The van der Waals surface area contributed by atoms with Crippen LogP contribution >= 0.6 is 0 Å². The number of hydrogen-bond donors (Lipinski definition) is 1. The van der Waals surface area contributed by atoms with Crippen LogP contribution in [0.25, 0.3) is 0 Å². The molecule has 1 aromatic carbocycles. The molecule has 0 unspecified atom stereocenters.